The lowest BCUT2D eigenvalue weighted by Gasteiger charge is -2.18. The summed E-state index contributed by atoms with van der Waals surface area (Å²) in [7, 11) is 1.72. The minimum absolute atomic E-state index is 0.0370. The number of ketones is 1. The average molecular weight is 333 g/mol. The number of rotatable bonds is 5. The number of ether oxygens (including phenoxy) is 1. The highest BCUT2D eigenvalue weighted by atomic mass is 16.5. The number of carbonyl (C=O) groups excluding carboxylic acids is 2. The van der Waals surface area contributed by atoms with Crippen molar-refractivity contribution < 1.29 is 14.3 Å². The number of fused-ring (bicyclic) bond motifs is 1. The van der Waals surface area contributed by atoms with E-state index in [4.69, 9.17) is 4.74 Å². The smallest absolute Gasteiger partial charge is 0.264 e. The standard InChI is InChI=1S/C21H19NO3/c1-15(23)17-8-5-9-20(13-17)25-14-21(24)22(2)19-11-10-16-6-3-4-7-18(16)12-19/h3-13H,14H2,1-2H3. The average Bonchev–Trinajstić information content (AvgIpc) is 2.65. The van der Waals surface area contributed by atoms with Gasteiger partial charge in [0.05, 0.1) is 0 Å². The summed E-state index contributed by atoms with van der Waals surface area (Å²) < 4.78 is 5.55. The summed E-state index contributed by atoms with van der Waals surface area (Å²) in [6.45, 7) is 1.41. The fraction of sp³-hybridized carbons (Fsp3) is 0.143. The van der Waals surface area contributed by atoms with Crippen molar-refractivity contribution >= 4 is 28.2 Å². The molecule has 126 valence electrons. The van der Waals surface area contributed by atoms with E-state index in [1.165, 1.54) is 6.92 Å². The van der Waals surface area contributed by atoms with Crippen LogP contribution < -0.4 is 9.64 Å². The van der Waals surface area contributed by atoms with Gasteiger partial charge in [-0.05, 0) is 42.0 Å². The molecule has 0 aliphatic carbocycles. The van der Waals surface area contributed by atoms with Crippen molar-refractivity contribution in [3.8, 4) is 5.75 Å². The van der Waals surface area contributed by atoms with Gasteiger partial charge in [0.25, 0.3) is 5.91 Å². The van der Waals surface area contributed by atoms with Crippen LogP contribution >= 0.6 is 0 Å². The van der Waals surface area contributed by atoms with Gasteiger partial charge in [-0.2, -0.15) is 0 Å². The van der Waals surface area contributed by atoms with Gasteiger partial charge < -0.3 is 9.64 Å². The SMILES string of the molecule is CC(=O)c1cccc(OCC(=O)N(C)c2ccc3ccccc3c2)c1. The minimum Gasteiger partial charge on any atom is -0.484 e. The molecule has 1 amide bonds. The summed E-state index contributed by atoms with van der Waals surface area (Å²) in [5, 5.41) is 2.21. The molecule has 0 saturated carbocycles. The van der Waals surface area contributed by atoms with Crippen LogP contribution in [-0.2, 0) is 4.79 Å². The summed E-state index contributed by atoms with van der Waals surface area (Å²) in [6, 6.07) is 20.7. The molecule has 0 fully saturated rings. The first-order valence-corrected chi connectivity index (χ1v) is 8.04. The molecule has 3 aromatic rings. The zero-order valence-electron chi connectivity index (χ0n) is 14.2. The number of Topliss-reactive ketones (excluding diaryl/α,β-unsaturated/α-hetero) is 1. The minimum atomic E-state index is -0.163. The molecule has 3 rings (SSSR count). The fourth-order valence-electron chi connectivity index (χ4n) is 2.58. The molecule has 0 bridgehead atoms. The molecule has 0 aromatic heterocycles. The largest absolute Gasteiger partial charge is 0.484 e. The van der Waals surface area contributed by atoms with Crippen LogP contribution in [0, 0.1) is 0 Å². The molecular weight excluding hydrogens is 314 g/mol. The number of nitrogens with zero attached hydrogens (tertiary/aromatic N) is 1. The molecule has 4 heteroatoms. The number of amides is 1. The summed E-state index contributed by atoms with van der Waals surface area (Å²) in [5.74, 6) is 0.307. The van der Waals surface area contributed by atoms with E-state index in [-0.39, 0.29) is 18.3 Å². The normalized spacial score (nSPS) is 10.5. The Bertz CT molecular complexity index is 933. The van der Waals surface area contributed by atoms with E-state index >= 15 is 0 Å². The Labute approximate surface area is 146 Å². The van der Waals surface area contributed by atoms with Crippen LogP contribution in [0.25, 0.3) is 10.8 Å². The zero-order chi connectivity index (χ0) is 17.8. The quantitative estimate of drug-likeness (QED) is 0.661. The highest BCUT2D eigenvalue weighted by Gasteiger charge is 2.12. The monoisotopic (exact) mass is 333 g/mol. The molecular formula is C21H19NO3. The molecule has 3 aromatic carbocycles. The molecule has 0 aliphatic rings. The van der Waals surface area contributed by atoms with Crippen LogP contribution in [0.2, 0.25) is 0 Å². The summed E-state index contributed by atoms with van der Waals surface area (Å²) in [4.78, 5) is 25.4. The second-order valence-electron chi connectivity index (χ2n) is 5.86. The summed E-state index contributed by atoms with van der Waals surface area (Å²) >= 11 is 0. The van der Waals surface area contributed by atoms with Gasteiger partial charge >= 0.3 is 0 Å². The van der Waals surface area contributed by atoms with Crippen LogP contribution in [0.3, 0.4) is 0 Å². The van der Waals surface area contributed by atoms with Crippen LogP contribution in [0.15, 0.2) is 66.7 Å². The lowest BCUT2D eigenvalue weighted by molar-refractivity contribution is -0.120. The molecule has 0 aliphatic heterocycles. The zero-order valence-corrected chi connectivity index (χ0v) is 14.2. The van der Waals surface area contributed by atoms with Gasteiger partial charge in [0.1, 0.15) is 5.75 Å². The van der Waals surface area contributed by atoms with Gasteiger partial charge in [-0.25, -0.2) is 0 Å². The van der Waals surface area contributed by atoms with E-state index in [1.54, 1.807) is 36.2 Å². The van der Waals surface area contributed by atoms with Crippen molar-refractivity contribution in [1.29, 1.82) is 0 Å². The van der Waals surface area contributed by atoms with Crippen molar-refractivity contribution in [2.75, 3.05) is 18.6 Å². The van der Waals surface area contributed by atoms with E-state index in [0.29, 0.717) is 11.3 Å². The van der Waals surface area contributed by atoms with Crippen molar-refractivity contribution in [1.82, 2.24) is 0 Å². The molecule has 4 nitrogen and oxygen atoms in total. The Morgan fingerprint density at radius 3 is 2.44 bits per heavy atom. The molecule has 0 unspecified atom stereocenters. The first-order chi connectivity index (χ1) is 12.0. The van der Waals surface area contributed by atoms with Crippen LogP contribution in [0.5, 0.6) is 5.75 Å². The van der Waals surface area contributed by atoms with Crippen molar-refractivity contribution in [3.05, 3.63) is 72.3 Å². The number of hydrogen-bond acceptors (Lipinski definition) is 3. The number of likely N-dealkylation sites (N-methyl/N-ethyl adjacent to an activating group) is 1. The number of anilines is 1. The van der Waals surface area contributed by atoms with Crippen molar-refractivity contribution in [2.24, 2.45) is 0 Å². The lowest BCUT2D eigenvalue weighted by Crippen LogP contribution is -2.31. The Balaban J connectivity index is 1.69. The Kier molecular flexibility index (Phi) is 4.80. The molecule has 0 heterocycles. The second kappa shape index (κ2) is 7.18. The van der Waals surface area contributed by atoms with Gasteiger partial charge in [0.15, 0.2) is 12.4 Å². The Hall–Kier alpha value is -3.14. The van der Waals surface area contributed by atoms with Gasteiger partial charge in [-0.15, -0.1) is 0 Å². The maximum Gasteiger partial charge on any atom is 0.264 e. The number of carbonyl (C=O) groups is 2. The van der Waals surface area contributed by atoms with Crippen LogP contribution in [-0.4, -0.2) is 25.3 Å². The molecule has 0 atom stereocenters. The Morgan fingerprint density at radius 1 is 0.920 bits per heavy atom. The molecule has 0 spiro atoms. The van der Waals surface area contributed by atoms with Gasteiger partial charge in [0, 0.05) is 18.3 Å². The van der Waals surface area contributed by atoms with Crippen molar-refractivity contribution in [2.45, 2.75) is 6.92 Å². The third-order valence-corrected chi connectivity index (χ3v) is 4.10. The maximum absolute atomic E-state index is 12.4. The van der Waals surface area contributed by atoms with Gasteiger partial charge in [-0.1, -0.05) is 42.5 Å². The third kappa shape index (κ3) is 3.86. The topological polar surface area (TPSA) is 46.6 Å². The van der Waals surface area contributed by atoms with E-state index < -0.39 is 0 Å². The molecule has 0 saturated heterocycles. The van der Waals surface area contributed by atoms with Crippen molar-refractivity contribution in [3.63, 3.8) is 0 Å². The Morgan fingerprint density at radius 2 is 1.68 bits per heavy atom. The summed E-state index contributed by atoms with van der Waals surface area (Å²) in [5.41, 5.74) is 1.37. The first-order valence-electron chi connectivity index (χ1n) is 8.04. The molecule has 0 N–H and O–H groups in total. The maximum atomic E-state index is 12.4. The molecule has 25 heavy (non-hydrogen) atoms. The van der Waals surface area contributed by atoms with E-state index in [9.17, 15) is 9.59 Å². The van der Waals surface area contributed by atoms with Crippen LogP contribution in [0.4, 0.5) is 5.69 Å². The van der Waals surface area contributed by atoms with E-state index in [2.05, 4.69) is 0 Å². The molecule has 0 radical (unpaired) electrons. The predicted molar refractivity (Wildman–Crippen MR) is 99.3 cm³/mol. The van der Waals surface area contributed by atoms with Gasteiger partial charge in [-0.3, -0.25) is 9.59 Å². The highest BCUT2D eigenvalue weighted by Crippen LogP contribution is 2.21. The highest BCUT2D eigenvalue weighted by molar-refractivity contribution is 5.97. The predicted octanol–water partition coefficient (Wildman–Crippen LogP) is 4.08. The first kappa shape index (κ1) is 16.7. The number of hydrogen-bond donors (Lipinski definition) is 0. The van der Waals surface area contributed by atoms with E-state index in [0.717, 1.165) is 16.5 Å². The van der Waals surface area contributed by atoms with E-state index in [1.807, 2.05) is 42.5 Å². The summed E-state index contributed by atoms with van der Waals surface area (Å²) in [6.07, 6.45) is 0. The number of benzene rings is 3. The third-order valence-electron chi connectivity index (χ3n) is 4.10. The second-order valence-corrected chi connectivity index (χ2v) is 5.86. The van der Waals surface area contributed by atoms with Gasteiger partial charge in [0.2, 0.25) is 0 Å². The van der Waals surface area contributed by atoms with Crippen LogP contribution in [0.1, 0.15) is 17.3 Å². The fourth-order valence-corrected chi connectivity index (χ4v) is 2.58. The lowest BCUT2D eigenvalue weighted by atomic mass is 10.1.